The maximum absolute atomic E-state index is 5.93. The van der Waals surface area contributed by atoms with Gasteiger partial charge < -0.3 is 5.32 Å². The Balaban J connectivity index is 2.24. The highest BCUT2D eigenvalue weighted by Gasteiger charge is 2.07. The van der Waals surface area contributed by atoms with E-state index in [1.54, 1.807) is 0 Å². The third-order valence-corrected chi connectivity index (χ3v) is 3.05. The Kier molecular flexibility index (Phi) is 3.41. The fourth-order valence-corrected chi connectivity index (χ4v) is 2.34. The molecule has 84 valence electrons. The minimum Gasteiger partial charge on any atom is -0.358 e. The second-order valence-corrected chi connectivity index (χ2v) is 5.14. The van der Waals surface area contributed by atoms with Crippen LogP contribution in [0.2, 0.25) is 5.02 Å². The monoisotopic (exact) mass is 253 g/mol. The molecule has 16 heavy (non-hydrogen) atoms. The molecule has 0 saturated heterocycles. The Bertz CT molecular complexity index is 482. The van der Waals surface area contributed by atoms with Crippen LogP contribution in [-0.2, 0) is 0 Å². The van der Waals surface area contributed by atoms with Gasteiger partial charge in [-0.15, -0.1) is 10.2 Å². The van der Waals surface area contributed by atoms with Gasteiger partial charge in [-0.3, -0.25) is 0 Å². The second-order valence-electron chi connectivity index (χ2n) is 3.72. The number of anilines is 1. The van der Waals surface area contributed by atoms with Crippen LogP contribution in [0.3, 0.4) is 0 Å². The zero-order valence-corrected chi connectivity index (χ0v) is 10.6. The minimum absolute atomic E-state index is 0.361. The van der Waals surface area contributed by atoms with Gasteiger partial charge in [0.2, 0.25) is 5.13 Å². The quantitative estimate of drug-likeness (QED) is 0.907. The molecule has 1 aromatic heterocycles. The van der Waals surface area contributed by atoms with Crippen molar-refractivity contribution in [2.75, 3.05) is 5.32 Å². The number of nitrogens with one attached hydrogen (secondary N) is 1. The lowest BCUT2D eigenvalue weighted by molar-refractivity contribution is 0.888. The highest BCUT2D eigenvalue weighted by atomic mass is 35.5. The standard InChI is InChI=1S/C11H12ClN3S/c1-7(2)13-11-15-14-10(16-11)8-4-3-5-9(12)6-8/h3-7H,1-2H3,(H,13,15). The number of halogens is 1. The van der Waals surface area contributed by atoms with Gasteiger partial charge in [0.25, 0.3) is 0 Å². The molecule has 0 aliphatic carbocycles. The third-order valence-electron chi connectivity index (χ3n) is 1.91. The van der Waals surface area contributed by atoms with E-state index in [0.29, 0.717) is 11.1 Å². The molecule has 0 amide bonds. The summed E-state index contributed by atoms with van der Waals surface area (Å²) in [4.78, 5) is 0. The lowest BCUT2D eigenvalue weighted by atomic mass is 10.2. The fraction of sp³-hybridized carbons (Fsp3) is 0.273. The molecule has 0 fully saturated rings. The second kappa shape index (κ2) is 4.80. The number of rotatable bonds is 3. The first-order chi connectivity index (χ1) is 7.65. The predicted octanol–water partition coefficient (Wildman–Crippen LogP) is 3.68. The smallest absolute Gasteiger partial charge is 0.206 e. The Labute approximate surface area is 103 Å². The summed E-state index contributed by atoms with van der Waals surface area (Å²) in [7, 11) is 0. The summed E-state index contributed by atoms with van der Waals surface area (Å²) in [5.41, 5.74) is 1.00. The van der Waals surface area contributed by atoms with Gasteiger partial charge in [0.1, 0.15) is 5.01 Å². The molecule has 0 spiro atoms. The molecule has 0 radical (unpaired) electrons. The van der Waals surface area contributed by atoms with E-state index in [9.17, 15) is 0 Å². The lowest BCUT2D eigenvalue weighted by Crippen LogP contribution is -2.08. The van der Waals surface area contributed by atoms with Gasteiger partial charge in [0.05, 0.1) is 0 Å². The number of hydrogen-bond acceptors (Lipinski definition) is 4. The average Bonchev–Trinajstić information content (AvgIpc) is 2.65. The topological polar surface area (TPSA) is 37.8 Å². The molecule has 5 heteroatoms. The molecule has 0 unspecified atom stereocenters. The van der Waals surface area contributed by atoms with Crippen molar-refractivity contribution in [3.63, 3.8) is 0 Å². The van der Waals surface area contributed by atoms with Crippen molar-refractivity contribution < 1.29 is 0 Å². The highest BCUT2D eigenvalue weighted by molar-refractivity contribution is 7.18. The predicted molar refractivity (Wildman–Crippen MR) is 69.1 cm³/mol. The van der Waals surface area contributed by atoms with Crippen LogP contribution in [0, 0.1) is 0 Å². The van der Waals surface area contributed by atoms with E-state index in [1.807, 2.05) is 24.3 Å². The maximum atomic E-state index is 5.93. The molecule has 0 aliphatic heterocycles. The van der Waals surface area contributed by atoms with Gasteiger partial charge in [0.15, 0.2) is 0 Å². The van der Waals surface area contributed by atoms with Gasteiger partial charge in [-0.05, 0) is 26.0 Å². The van der Waals surface area contributed by atoms with E-state index in [1.165, 1.54) is 11.3 Å². The number of nitrogens with zero attached hydrogens (tertiary/aromatic N) is 2. The molecular weight excluding hydrogens is 242 g/mol. The van der Waals surface area contributed by atoms with Crippen LogP contribution in [0.5, 0.6) is 0 Å². The normalized spacial score (nSPS) is 10.8. The zero-order valence-electron chi connectivity index (χ0n) is 9.07. The fourth-order valence-electron chi connectivity index (χ4n) is 1.27. The van der Waals surface area contributed by atoms with Crippen molar-refractivity contribution in [2.24, 2.45) is 0 Å². The van der Waals surface area contributed by atoms with Gasteiger partial charge in [-0.2, -0.15) is 0 Å². The van der Waals surface area contributed by atoms with E-state index >= 15 is 0 Å². The molecule has 3 nitrogen and oxygen atoms in total. The summed E-state index contributed by atoms with van der Waals surface area (Å²) < 4.78 is 0. The summed E-state index contributed by atoms with van der Waals surface area (Å²) in [6, 6.07) is 7.99. The van der Waals surface area contributed by atoms with Gasteiger partial charge in [0, 0.05) is 16.6 Å². The van der Waals surface area contributed by atoms with E-state index in [-0.39, 0.29) is 0 Å². The first-order valence-corrected chi connectivity index (χ1v) is 6.20. The Morgan fingerprint density at radius 2 is 2.12 bits per heavy atom. The van der Waals surface area contributed by atoms with Crippen LogP contribution in [0.25, 0.3) is 10.6 Å². The van der Waals surface area contributed by atoms with Crippen LogP contribution in [0.15, 0.2) is 24.3 Å². The molecule has 0 atom stereocenters. The van der Waals surface area contributed by atoms with E-state index in [2.05, 4.69) is 29.4 Å². The largest absolute Gasteiger partial charge is 0.358 e. The summed E-state index contributed by atoms with van der Waals surface area (Å²) in [6.45, 7) is 4.14. The molecule has 1 N–H and O–H groups in total. The summed E-state index contributed by atoms with van der Waals surface area (Å²) >= 11 is 7.46. The number of hydrogen-bond donors (Lipinski definition) is 1. The molecule has 1 heterocycles. The molecular formula is C11H12ClN3S. The molecule has 0 saturated carbocycles. The molecule has 0 aliphatic rings. The molecule has 1 aromatic carbocycles. The SMILES string of the molecule is CC(C)Nc1nnc(-c2cccc(Cl)c2)s1. The first kappa shape index (κ1) is 11.4. The highest BCUT2D eigenvalue weighted by Crippen LogP contribution is 2.28. The van der Waals surface area contributed by atoms with Gasteiger partial charge >= 0.3 is 0 Å². The van der Waals surface area contributed by atoms with Crippen LogP contribution >= 0.6 is 22.9 Å². The summed E-state index contributed by atoms with van der Waals surface area (Å²) in [5.74, 6) is 0. The molecule has 2 aromatic rings. The molecule has 0 bridgehead atoms. The van der Waals surface area contributed by atoms with Crippen LogP contribution in [0.4, 0.5) is 5.13 Å². The Hall–Kier alpha value is -1.13. The number of aromatic nitrogens is 2. The van der Waals surface area contributed by atoms with Gasteiger partial charge in [-0.1, -0.05) is 35.1 Å². The van der Waals surface area contributed by atoms with Crippen molar-refractivity contribution in [1.29, 1.82) is 0 Å². The first-order valence-electron chi connectivity index (χ1n) is 5.01. The van der Waals surface area contributed by atoms with Crippen LogP contribution < -0.4 is 5.32 Å². The maximum Gasteiger partial charge on any atom is 0.206 e. The van der Waals surface area contributed by atoms with Crippen molar-refractivity contribution in [2.45, 2.75) is 19.9 Å². The van der Waals surface area contributed by atoms with Crippen LogP contribution in [-0.4, -0.2) is 16.2 Å². The van der Waals surface area contributed by atoms with Crippen molar-refractivity contribution in [3.05, 3.63) is 29.3 Å². The van der Waals surface area contributed by atoms with Crippen molar-refractivity contribution in [3.8, 4) is 10.6 Å². The van der Waals surface area contributed by atoms with E-state index in [0.717, 1.165) is 15.7 Å². The summed E-state index contributed by atoms with van der Waals surface area (Å²) in [6.07, 6.45) is 0. The number of benzene rings is 1. The minimum atomic E-state index is 0.361. The average molecular weight is 254 g/mol. The van der Waals surface area contributed by atoms with Gasteiger partial charge in [-0.25, -0.2) is 0 Å². The van der Waals surface area contributed by atoms with E-state index < -0.39 is 0 Å². The Morgan fingerprint density at radius 3 is 2.81 bits per heavy atom. The Morgan fingerprint density at radius 1 is 1.31 bits per heavy atom. The van der Waals surface area contributed by atoms with Crippen LogP contribution in [0.1, 0.15) is 13.8 Å². The third kappa shape index (κ3) is 2.71. The molecule has 2 rings (SSSR count). The summed E-state index contributed by atoms with van der Waals surface area (Å²) in [5, 5.41) is 13.9. The zero-order chi connectivity index (χ0) is 11.5. The van der Waals surface area contributed by atoms with E-state index in [4.69, 9.17) is 11.6 Å². The lowest BCUT2D eigenvalue weighted by Gasteiger charge is -2.03. The van der Waals surface area contributed by atoms with Crippen molar-refractivity contribution in [1.82, 2.24) is 10.2 Å². The van der Waals surface area contributed by atoms with Crippen molar-refractivity contribution >= 4 is 28.1 Å².